The van der Waals surface area contributed by atoms with Gasteiger partial charge in [-0.3, -0.25) is 9.69 Å². The molecule has 3 rings (SSSR count). The molecule has 6 nitrogen and oxygen atoms in total. The molecule has 1 aliphatic heterocycles. The van der Waals surface area contributed by atoms with Gasteiger partial charge in [-0.1, -0.05) is 53.5 Å². The quantitative estimate of drug-likeness (QED) is 0.622. The molecule has 1 amide bonds. The minimum atomic E-state index is -0.436. The highest BCUT2D eigenvalue weighted by molar-refractivity contribution is 6.39. The van der Waals surface area contributed by atoms with Gasteiger partial charge in [-0.05, 0) is 32.0 Å². The largest absolute Gasteiger partial charge is 0.505 e. The van der Waals surface area contributed by atoms with Crippen LogP contribution in [0.2, 0.25) is 10.0 Å². The minimum absolute atomic E-state index is 0.0290. The van der Waals surface area contributed by atoms with Crippen molar-refractivity contribution in [2.45, 2.75) is 19.4 Å². The first-order valence-electron chi connectivity index (χ1n) is 10.4. The highest BCUT2D eigenvalue weighted by atomic mass is 35.5. The van der Waals surface area contributed by atoms with Crippen molar-refractivity contribution in [3.05, 3.63) is 57.6 Å². The first-order chi connectivity index (χ1) is 14.8. The second-order valence-electron chi connectivity index (χ2n) is 7.96. The summed E-state index contributed by atoms with van der Waals surface area (Å²) >= 11 is 12.6. The van der Waals surface area contributed by atoms with Gasteiger partial charge in [0.15, 0.2) is 11.5 Å². The van der Waals surface area contributed by atoms with Gasteiger partial charge < -0.3 is 20.1 Å². The average molecular weight is 466 g/mol. The molecule has 1 fully saturated rings. The number of likely N-dealkylation sites (N-methyl/N-ethyl adjacent to an activating group) is 1. The van der Waals surface area contributed by atoms with E-state index in [-0.39, 0.29) is 33.1 Å². The Hall–Kier alpha value is -1.99. The zero-order valence-electron chi connectivity index (χ0n) is 17.9. The molecule has 0 aromatic heterocycles. The molecule has 2 N–H and O–H groups in total. The molecule has 1 aliphatic rings. The predicted octanol–water partition coefficient (Wildman–Crippen LogP) is 3.69. The van der Waals surface area contributed by atoms with Crippen LogP contribution in [-0.4, -0.2) is 73.2 Å². The lowest BCUT2D eigenvalue weighted by molar-refractivity contribution is 0.0937. The standard InChI is InChI=1S/C23H29Cl2N3O3/c1-16(14-17-6-4-3-5-7-17)26-23(30)18-15-19(24)22(20(25)21(18)29)31-13-12-28-10-8-27(2)9-11-28/h3-7,15-16,29H,8-14H2,1-2H3,(H,26,30)/t16-/m1/s1. The molecular formula is C23H29Cl2N3O3. The van der Waals surface area contributed by atoms with Gasteiger partial charge in [0.1, 0.15) is 11.6 Å². The number of halogens is 2. The lowest BCUT2D eigenvalue weighted by atomic mass is 10.1. The molecule has 0 bridgehead atoms. The third-order valence-electron chi connectivity index (χ3n) is 5.41. The molecule has 31 heavy (non-hydrogen) atoms. The molecule has 0 unspecified atom stereocenters. The molecule has 1 saturated heterocycles. The number of phenols is 1. The van der Waals surface area contributed by atoms with Crippen LogP contribution in [0, 0.1) is 0 Å². The smallest absolute Gasteiger partial charge is 0.255 e. The van der Waals surface area contributed by atoms with E-state index in [4.69, 9.17) is 27.9 Å². The molecule has 168 valence electrons. The van der Waals surface area contributed by atoms with E-state index >= 15 is 0 Å². The molecule has 1 atom stereocenters. The molecule has 0 saturated carbocycles. The fourth-order valence-electron chi connectivity index (χ4n) is 3.57. The zero-order chi connectivity index (χ0) is 22.4. The molecular weight excluding hydrogens is 437 g/mol. The van der Waals surface area contributed by atoms with E-state index in [9.17, 15) is 9.90 Å². The van der Waals surface area contributed by atoms with Crippen molar-refractivity contribution in [2.24, 2.45) is 0 Å². The van der Waals surface area contributed by atoms with Crippen molar-refractivity contribution in [1.29, 1.82) is 0 Å². The van der Waals surface area contributed by atoms with Gasteiger partial charge in [0, 0.05) is 38.8 Å². The van der Waals surface area contributed by atoms with Gasteiger partial charge >= 0.3 is 0 Å². The third-order valence-corrected chi connectivity index (χ3v) is 6.04. The maximum absolute atomic E-state index is 12.7. The van der Waals surface area contributed by atoms with Crippen LogP contribution in [0.5, 0.6) is 11.5 Å². The number of nitrogens with one attached hydrogen (secondary N) is 1. The minimum Gasteiger partial charge on any atom is -0.505 e. The Morgan fingerprint density at radius 2 is 1.87 bits per heavy atom. The second-order valence-corrected chi connectivity index (χ2v) is 8.74. The first-order valence-corrected chi connectivity index (χ1v) is 11.2. The van der Waals surface area contributed by atoms with E-state index < -0.39 is 5.91 Å². The Labute approximate surface area is 193 Å². The number of hydrogen-bond donors (Lipinski definition) is 2. The van der Waals surface area contributed by atoms with Gasteiger partial charge in [-0.15, -0.1) is 0 Å². The first kappa shape index (κ1) is 23.7. The topological polar surface area (TPSA) is 65.0 Å². The van der Waals surface area contributed by atoms with Crippen LogP contribution < -0.4 is 10.1 Å². The van der Waals surface area contributed by atoms with Crippen LogP contribution in [0.4, 0.5) is 0 Å². The van der Waals surface area contributed by atoms with Crippen molar-refractivity contribution in [3.8, 4) is 11.5 Å². The van der Waals surface area contributed by atoms with E-state index in [1.165, 1.54) is 6.07 Å². The summed E-state index contributed by atoms with van der Waals surface area (Å²) in [6, 6.07) is 11.1. The van der Waals surface area contributed by atoms with Gasteiger partial charge in [-0.25, -0.2) is 0 Å². The number of carbonyl (C=O) groups is 1. The fraction of sp³-hybridized carbons (Fsp3) is 0.435. The molecule has 0 radical (unpaired) electrons. The monoisotopic (exact) mass is 465 g/mol. The van der Waals surface area contributed by atoms with Crippen molar-refractivity contribution in [2.75, 3.05) is 46.4 Å². The van der Waals surface area contributed by atoms with Crippen LogP contribution in [0.25, 0.3) is 0 Å². The number of hydrogen-bond acceptors (Lipinski definition) is 5. The Kier molecular flexibility index (Phi) is 8.43. The summed E-state index contributed by atoms with van der Waals surface area (Å²) in [5.41, 5.74) is 1.14. The summed E-state index contributed by atoms with van der Waals surface area (Å²) in [6.07, 6.45) is 0.669. The van der Waals surface area contributed by atoms with E-state index in [2.05, 4.69) is 22.2 Å². The normalized spacial score (nSPS) is 16.1. The van der Waals surface area contributed by atoms with Gasteiger partial charge in [0.2, 0.25) is 0 Å². The van der Waals surface area contributed by atoms with Crippen molar-refractivity contribution in [1.82, 2.24) is 15.1 Å². The summed E-state index contributed by atoms with van der Waals surface area (Å²) in [6.45, 7) is 7.03. The Bertz CT molecular complexity index is 887. The Morgan fingerprint density at radius 1 is 1.19 bits per heavy atom. The summed E-state index contributed by atoms with van der Waals surface area (Å²) in [5.74, 6) is -0.567. The highest BCUT2D eigenvalue weighted by Gasteiger charge is 2.22. The van der Waals surface area contributed by atoms with Crippen LogP contribution in [0.15, 0.2) is 36.4 Å². The number of ether oxygens (including phenoxy) is 1. The molecule has 0 aliphatic carbocycles. The van der Waals surface area contributed by atoms with E-state index in [1.807, 2.05) is 37.3 Å². The number of phenolic OH excluding ortho intramolecular Hbond substituents is 1. The van der Waals surface area contributed by atoms with E-state index in [1.54, 1.807) is 0 Å². The number of benzene rings is 2. The van der Waals surface area contributed by atoms with Gasteiger partial charge in [-0.2, -0.15) is 0 Å². The summed E-state index contributed by atoms with van der Waals surface area (Å²) < 4.78 is 5.76. The van der Waals surface area contributed by atoms with Gasteiger partial charge in [0.05, 0.1) is 10.6 Å². The lowest BCUT2D eigenvalue weighted by Crippen LogP contribution is -2.45. The van der Waals surface area contributed by atoms with E-state index in [0.717, 1.165) is 38.3 Å². The van der Waals surface area contributed by atoms with E-state index in [0.29, 0.717) is 13.0 Å². The number of nitrogens with zero attached hydrogens (tertiary/aromatic N) is 2. The highest BCUT2D eigenvalue weighted by Crippen LogP contribution is 2.42. The van der Waals surface area contributed by atoms with Crippen molar-refractivity contribution < 1.29 is 14.6 Å². The fourth-order valence-corrected chi connectivity index (χ4v) is 4.13. The molecule has 2 aromatic carbocycles. The molecule has 0 spiro atoms. The average Bonchev–Trinajstić information content (AvgIpc) is 2.75. The molecule has 2 aromatic rings. The number of amides is 1. The zero-order valence-corrected chi connectivity index (χ0v) is 19.4. The van der Waals surface area contributed by atoms with Crippen molar-refractivity contribution in [3.63, 3.8) is 0 Å². The molecule has 1 heterocycles. The van der Waals surface area contributed by atoms with Gasteiger partial charge in [0.25, 0.3) is 5.91 Å². The number of rotatable bonds is 8. The molecule has 8 heteroatoms. The van der Waals surface area contributed by atoms with Crippen LogP contribution in [-0.2, 0) is 6.42 Å². The van der Waals surface area contributed by atoms with Crippen LogP contribution in [0.3, 0.4) is 0 Å². The maximum atomic E-state index is 12.7. The number of carbonyl (C=O) groups excluding carboxylic acids is 1. The third kappa shape index (κ3) is 6.50. The van der Waals surface area contributed by atoms with Crippen LogP contribution >= 0.6 is 23.2 Å². The SMILES string of the molecule is C[C@H](Cc1ccccc1)NC(=O)c1cc(Cl)c(OCCN2CCN(C)CC2)c(Cl)c1O. The summed E-state index contributed by atoms with van der Waals surface area (Å²) in [4.78, 5) is 17.3. The number of piperazine rings is 1. The van der Waals surface area contributed by atoms with Crippen molar-refractivity contribution >= 4 is 29.1 Å². The summed E-state index contributed by atoms with van der Waals surface area (Å²) in [7, 11) is 2.11. The Morgan fingerprint density at radius 3 is 2.55 bits per heavy atom. The summed E-state index contributed by atoms with van der Waals surface area (Å²) in [5, 5.41) is 13.5. The second kappa shape index (κ2) is 11.0. The maximum Gasteiger partial charge on any atom is 0.255 e. The number of aromatic hydroxyl groups is 1. The Balaban J connectivity index is 1.60. The lowest BCUT2D eigenvalue weighted by Gasteiger charge is -2.32. The van der Waals surface area contributed by atoms with Crippen LogP contribution in [0.1, 0.15) is 22.8 Å². The predicted molar refractivity (Wildman–Crippen MR) is 125 cm³/mol.